The first-order valence-electron chi connectivity index (χ1n) is 7.42. The van der Waals surface area contributed by atoms with E-state index < -0.39 is 0 Å². The Balaban J connectivity index is 2.04. The van der Waals surface area contributed by atoms with E-state index in [4.69, 9.17) is 0 Å². The Hall–Kier alpha value is -3.12. The lowest BCUT2D eigenvalue weighted by molar-refractivity contribution is 0.628. The van der Waals surface area contributed by atoms with Gasteiger partial charge in [0.1, 0.15) is 5.82 Å². The molecule has 0 unspecified atom stereocenters. The molecule has 23 heavy (non-hydrogen) atoms. The van der Waals surface area contributed by atoms with Gasteiger partial charge < -0.3 is 4.57 Å². The van der Waals surface area contributed by atoms with E-state index in [9.17, 15) is 9.65 Å². The maximum absolute atomic E-state index is 13.8. The second-order valence-electron chi connectivity index (χ2n) is 5.58. The van der Waals surface area contributed by atoms with Gasteiger partial charge in [-0.15, -0.1) is 0 Å². The Labute approximate surface area is 133 Å². The Morgan fingerprint density at radius 2 is 1.57 bits per heavy atom. The van der Waals surface area contributed by atoms with Crippen molar-refractivity contribution in [2.24, 2.45) is 0 Å². The van der Waals surface area contributed by atoms with Crippen molar-refractivity contribution in [2.45, 2.75) is 6.54 Å². The molecule has 1 aromatic heterocycles. The van der Waals surface area contributed by atoms with Gasteiger partial charge >= 0.3 is 0 Å². The zero-order valence-electron chi connectivity index (χ0n) is 12.3. The minimum Gasteiger partial charge on any atom is -0.336 e. The lowest BCUT2D eigenvalue weighted by Crippen LogP contribution is -1.99. The fourth-order valence-electron chi connectivity index (χ4n) is 3.07. The van der Waals surface area contributed by atoms with Crippen molar-refractivity contribution in [2.75, 3.05) is 0 Å². The van der Waals surface area contributed by atoms with Gasteiger partial charge in [-0.3, -0.25) is 0 Å². The highest BCUT2D eigenvalue weighted by Gasteiger charge is 2.12. The number of hydrogen-bond acceptors (Lipinski definition) is 1. The zero-order valence-corrected chi connectivity index (χ0v) is 12.3. The summed E-state index contributed by atoms with van der Waals surface area (Å²) < 4.78 is 15.8. The third-order valence-corrected chi connectivity index (χ3v) is 4.14. The van der Waals surface area contributed by atoms with Crippen LogP contribution >= 0.6 is 0 Å². The molecule has 0 amide bonds. The smallest absolute Gasteiger partial charge is 0.125 e. The van der Waals surface area contributed by atoms with E-state index in [1.807, 2.05) is 42.5 Å². The molecule has 0 saturated heterocycles. The van der Waals surface area contributed by atoms with Crippen LogP contribution in [0.15, 0.2) is 66.7 Å². The number of benzene rings is 3. The van der Waals surface area contributed by atoms with Gasteiger partial charge in [-0.2, -0.15) is 5.26 Å². The lowest BCUT2D eigenvalue weighted by Gasteiger charge is -2.08. The van der Waals surface area contributed by atoms with Crippen molar-refractivity contribution < 1.29 is 4.39 Å². The van der Waals surface area contributed by atoms with E-state index in [2.05, 4.69) is 10.6 Å². The van der Waals surface area contributed by atoms with Crippen LogP contribution in [0.25, 0.3) is 21.8 Å². The third-order valence-electron chi connectivity index (χ3n) is 4.14. The Morgan fingerprint density at radius 1 is 0.870 bits per heavy atom. The molecule has 0 radical (unpaired) electrons. The van der Waals surface area contributed by atoms with Crippen LogP contribution in [-0.4, -0.2) is 4.57 Å². The van der Waals surface area contributed by atoms with Crippen LogP contribution < -0.4 is 0 Å². The SMILES string of the molecule is N#[13C]c1ccc2c3ccc(F)cc3n(Cc3ccccc3)c2c1. The second-order valence-corrected chi connectivity index (χ2v) is 5.58. The molecular weight excluding hydrogens is 288 g/mol. The average Bonchev–Trinajstić information content (AvgIpc) is 2.88. The summed E-state index contributed by atoms with van der Waals surface area (Å²) in [6, 6.07) is 22.7. The van der Waals surface area contributed by atoms with Gasteiger partial charge in [-0.1, -0.05) is 36.4 Å². The van der Waals surface area contributed by atoms with Crippen molar-refractivity contribution in [1.82, 2.24) is 4.57 Å². The molecular formula is C20H13FN2. The largest absolute Gasteiger partial charge is 0.336 e. The number of fused-ring (bicyclic) bond motifs is 3. The van der Waals surface area contributed by atoms with Gasteiger partial charge in [0.2, 0.25) is 0 Å². The quantitative estimate of drug-likeness (QED) is 0.486. The molecule has 0 aliphatic heterocycles. The minimum atomic E-state index is -0.255. The van der Waals surface area contributed by atoms with Crippen molar-refractivity contribution in [3.63, 3.8) is 0 Å². The Kier molecular flexibility index (Phi) is 3.09. The maximum atomic E-state index is 13.8. The molecule has 0 saturated carbocycles. The number of hydrogen-bond donors (Lipinski definition) is 0. The molecule has 1 heterocycles. The molecule has 0 N–H and O–H groups in total. The van der Waals surface area contributed by atoms with Crippen LogP contribution in [0.1, 0.15) is 11.1 Å². The molecule has 110 valence electrons. The highest BCUT2D eigenvalue weighted by molar-refractivity contribution is 6.08. The van der Waals surface area contributed by atoms with Crippen LogP contribution in [-0.2, 0) is 6.54 Å². The van der Waals surface area contributed by atoms with Crippen molar-refractivity contribution in [3.05, 3.63) is 83.7 Å². The predicted octanol–water partition coefficient (Wildman–Crippen LogP) is 4.85. The minimum absolute atomic E-state index is 0.255. The highest BCUT2D eigenvalue weighted by atomic mass is 19.1. The summed E-state index contributed by atoms with van der Waals surface area (Å²) in [4.78, 5) is 0. The Morgan fingerprint density at radius 3 is 2.30 bits per heavy atom. The predicted molar refractivity (Wildman–Crippen MR) is 89.7 cm³/mol. The number of halogens is 1. The van der Waals surface area contributed by atoms with Gasteiger partial charge in [-0.05, 0) is 35.9 Å². The highest BCUT2D eigenvalue weighted by Crippen LogP contribution is 2.31. The molecule has 2 nitrogen and oxygen atoms in total. The zero-order chi connectivity index (χ0) is 15.8. The van der Waals surface area contributed by atoms with Gasteiger partial charge in [0, 0.05) is 17.3 Å². The number of nitriles is 1. The molecule has 4 aromatic rings. The summed E-state index contributed by atoms with van der Waals surface area (Å²) in [5.41, 5.74) is 3.54. The standard InChI is InChI=1S/C20H13FN2/c21-16-7-9-18-17-8-6-15(12-22)10-19(17)23(20(18)11-16)13-14-4-2-1-3-5-14/h1-11H,13H2/i12+1. The van der Waals surface area contributed by atoms with Gasteiger partial charge in [0.25, 0.3) is 0 Å². The fraction of sp³-hybridized carbons (Fsp3) is 0.0500. The van der Waals surface area contributed by atoms with E-state index in [1.54, 1.807) is 18.2 Å². The van der Waals surface area contributed by atoms with Crippen LogP contribution in [0.4, 0.5) is 4.39 Å². The third kappa shape index (κ3) is 2.25. The van der Waals surface area contributed by atoms with Crippen molar-refractivity contribution in [1.29, 1.82) is 5.26 Å². The van der Waals surface area contributed by atoms with E-state index in [0.717, 1.165) is 27.4 Å². The topological polar surface area (TPSA) is 28.7 Å². The molecule has 4 rings (SSSR count). The van der Waals surface area contributed by atoms with Crippen LogP contribution in [0.5, 0.6) is 0 Å². The van der Waals surface area contributed by atoms with Crippen LogP contribution in [0, 0.1) is 17.1 Å². The second kappa shape index (κ2) is 5.26. The molecule has 0 spiro atoms. The normalized spacial score (nSPS) is 11.0. The first-order chi connectivity index (χ1) is 11.3. The number of rotatable bonds is 2. The monoisotopic (exact) mass is 301 g/mol. The Bertz CT molecular complexity index is 1060. The van der Waals surface area contributed by atoms with Crippen LogP contribution in [0.2, 0.25) is 0 Å². The first-order valence-corrected chi connectivity index (χ1v) is 7.42. The molecule has 0 aliphatic carbocycles. The fourth-order valence-corrected chi connectivity index (χ4v) is 3.07. The van der Waals surface area contributed by atoms with E-state index in [1.165, 1.54) is 6.07 Å². The summed E-state index contributed by atoms with van der Waals surface area (Å²) in [7, 11) is 0. The average molecular weight is 301 g/mol. The summed E-state index contributed by atoms with van der Waals surface area (Å²) in [5, 5.41) is 11.2. The molecule has 3 aromatic carbocycles. The first kappa shape index (κ1) is 13.5. The number of aromatic nitrogens is 1. The van der Waals surface area contributed by atoms with Gasteiger partial charge in [-0.25, -0.2) is 4.39 Å². The van der Waals surface area contributed by atoms with E-state index in [-0.39, 0.29) is 5.82 Å². The summed E-state index contributed by atoms with van der Waals surface area (Å²) in [6.07, 6.45) is 0. The van der Waals surface area contributed by atoms with E-state index >= 15 is 0 Å². The molecule has 0 bridgehead atoms. The number of nitrogens with zero attached hydrogens (tertiary/aromatic N) is 2. The summed E-state index contributed by atoms with van der Waals surface area (Å²) in [6.45, 7) is 0.638. The van der Waals surface area contributed by atoms with Crippen molar-refractivity contribution in [3.8, 4) is 6.07 Å². The molecule has 0 aliphatic rings. The van der Waals surface area contributed by atoms with Gasteiger partial charge in [0.15, 0.2) is 0 Å². The molecule has 0 fully saturated rings. The summed E-state index contributed by atoms with van der Waals surface area (Å²) >= 11 is 0. The molecule has 0 atom stereocenters. The molecule has 3 heteroatoms. The maximum Gasteiger partial charge on any atom is 0.125 e. The lowest BCUT2D eigenvalue weighted by atomic mass is 10.1. The van der Waals surface area contributed by atoms with Gasteiger partial charge in [0.05, 0.1) is 22.7 Å². The van der Waals surface area contributed by atoms with E-state index in [0.29, 0.717) is 12.1 Å². The van der Waals surface area contributed by atoms with Crippen molar-refractivity contribution >= 4 is 21.8 Å². The summed E-state index contributed by atoms with van der Waals surface area (Å²) in [5.74, 6) is -0.255. The van der Waals surface area contributed by atoms with Crippen LogP contribution in [0.3, 0.4) is 0 Å².